The van der Waals surface area contributed by atoms with Gasteiger partial charge in [-0.05, 0) is 11.0 Å². The summed E-state index contributed by atoms with van der Waals surface area (Å²) < 4.78 is 1.92. The zero-order valence-electron chi connectivity index (χ0n) is 18.5. The SMILES string of the molecule is Cn1c(SCC(=O)Nc2nc(-c3ccccc3)cs2)nnc1-c1ccc(C(C)(C)C)cc1. The molecule has 0 unspecified atom stereocenters. The van der Waals surface area contributed by atoms with E-state index in [2.05, 4.69) is 65.5 Å². The molecule has 0 saturated heterocycles. The molecular weight excluding hydrogens is 438 g/mol. The molecule has 0 bridgehead atoms. The highest BCUT2D eigenvalue weighted by molar-refractivity contribution is 7.99. The Kier molecular flexibility index (Phi) is 6.43. The molecule has 0 radical (unpaired) electrons. The Hall–Kier alpha value is -2.97. The van der Waals surface area contributed by atoms with E-state index in [1.807, 2.05) is 47.3 Å². The Morgan fingerprint density at radius 2 is 1.75 bits per heavy atom. The van der Waals surface area contributed by atoms with Gasteiger partial charge < -0.3 is 9.88 Å². The highest BCUT2D eigenvalue weighted by Gasteiger charge is 2.16. The summed E-state index contributed by atoms with van der Waals surface area (Å²) in [6.07, 6.45) is 0. The van der Waals surface area contributed by atoms with E-state index < -0.39 is 0 Å². The molecule has 0 aliphatic carbocycles. The molecule has 6 nitrogen and oxygen atoms in total. The molecule has 0 aliphatic heterocycles. The lowest BCUT2D eigenvalue weighted by molar-refractivity contribution is -0.113. The summed E-state index contributed by atoms with van der Waals surface area (Å²) in [7, 11) is 1.92. The van der Waals surface area contributed by atoms with Gasteiger partial charge in [-0.15, -0.1) is 21.5 Å². The van der Waals surface area contributed by atoms with Gasteiger partial charge in [-0.3, -0.25) is 4.79 Å². The van der Waals surface area contributed by atoms with Gasteiger partial charge in [0.05, 0.1) is 11.4 Å². The first kappa shape index (κ1) is 22.2. The molecule has 4 aromatic rings. The second kappa shape index (κ2) is 9.26. The van der Waals surface area contributed by atoms with Crippen LogP contribution in [0.1, 0.15) is 26.3 Å². The number of hydrogen-bond donors (Lipinski definition) is 1. The summed E-state index contributed by atoms with van der Waals surface area (Å²) in [5.74, 6) is 0.888. The van der Waals surface area contributed by atoms with Gasteiger partial charge in [-0.25, -0.2) is 4.98 Å². The van der Waals surface area contributed by atoms with E-state index in [1.54, 1.807) is 0 Å². The van der Waals surface area contributed by atoms with Crippen molar-refractivity contribution in [1.82, 2.24) is 19.7 Å². The van der Waals surface area contributed by atoms with Crippen molar-refractivity contribution < 1.29 is 4.79 Å². The summed E-state index contributed by atoms with van der Waals surface area (Å²) in [6.45, 7) is 6.58. The van der Waals surface area contributed by atoms with Crippen LogP contribution in [0.3, 0.4) is 0 Å². The van der Waals surface area contributed by atoms with E-state index in [1.165, 1.54) is 28.7 Å². The second-order valence-electron chi connectivity index (χ2n) is 8.43. The van der Waals surface area contributed by atoms with Crippen molar-refractivity contribution in [1.29, 1.82) is 0 Å². The molecule has 2 aromatic carbocycles. The van der Waals surface area contributed by atoms with E-state index in [-0.39, 0.29) is 17.1 Å². The molecule has 0 atom stereocenters. The molecular formula is C24H25N5OS2. The van der Waals surface area contributed by atoms with Crippen molar-refractivity contribution in [2.45, 2.75) is 31.3 Å². The first-order valence-corrected chi connectivity index (χ1v) is 12.1. The molecule has 2 aromatic heterocycles. The van der Waals surface area contributed by atoms with Crippen LogP contribution in [0.4, 0.5) is 5.13 Å². The Labute approximate surface area is 196 Å². The maximum atomic E-state index is 12.4. The van der Waals surface area contributed by atoms with Crippen LogP contribution < -0.4 is 5.32 Å². The number of aromatic nitrogens is 4. The number of nitrogens with one attached hydrogen (secondary N) is 1. The third kappa shape index (κ3) is 5.08. The molecule has 2 heterocycles. The van der Waals surface area contributed by atoms with Crippen molar-refractivity contribution in [2.24, 2.45) is 7.05 Å². The minimum atomic E-state index is -0.122. The fourth-order valence-electron chi connectivity index (χ4n) is 3.17. The maximum Gasteiger partial charge on any atom is 0.236 e. The lowest BCUT2D eigenvalue weighted by atomic mass is 9.87. The van der Waals surface area contributed by atoms with Gasteiger partial charge in [0, 0.05) is 23.6 Å². The number of nitrogens with zero attached hydrogens (tertiary/aromatic N) is 4. The van der Waals surface area contributed by atoms with Crippen molar-refractivity contribution in [2.75, 3.05) is 11.1 Å². The van der Waals surface area contributed by atoms with Gasteiger partial charge in [-0.1, -0.05) is 87.1 Å². The van der Waals surface area contributed by atoms with Gasteiger partial charge in [-0.2, -0.15) is 0 Å². The fraction of sp³-hybridized carbons (Fsp3) is 0.250. The predicted octanol–water partition coefficient (Wildman–Crippen LogP) is 5.63. The highest BCUT2D eigenvalue weighted by atomic mass is 32.2. The number of benzene rings is 2. The first-order valence-electron chi connectivity index (χ1n) is 10.2. The van der Waals surface area contributed by atoms with Crippen LogP contribution in [-0.2, 0) is 17.3 Å². The number of thioether (sulfide) groups is 1. The number of rotatable bonds is 6. The van der Waals surface area contributed by atoms with Crippen LogP contribution in [-0.4, -0.2) is 31.4 Å². The number of thiazole rings is 1. The van der Waals surface area contributed by atoms with Gasteiger partial charge in [0.1, 0.15) is 0 Å². The second-order valence-corrected chi connectivity index (χ2v) is 10.2. The molecule has 4 rings (SSSR count). The minimum Gasteiger partial charge on any atom is -0.305 e. The van der Waals surface area contributed by atoms with E-state index in [0.29, 0.717) is 10.3 Å². The normalized spacial score (nSPS) is 11.5. The standard InChI is InChI=1S/C24H25N5OS2/c1-24(2,3)18-12-10-17(11-13-18)21-27-28-23(29(21)4)32-15-20(30)26-22-25-19(14-31-22)16-8-6-5-7-9-16/h5-14H,15H2,1-4H3,(H,25,26,30). The van der Waals surface area contributed by atoms with Gasteiger partial charge in [0.15, 0.2) is 16.1 Å². The summed E-state index contributed by atoms with van der Waals surface area (Å²) in [5.41, 5.74) is 4.26. The molecule has 0 fully saturated rings. The quantitative estimate of drug-likeness (QED) is 0.375. The number of carbonyl (C=O) groups excluding carboxylic acids is 1. The van der Waals surface area contributed by atoms with Crippen LogP contribution in [0.5, 0.6) is 0 Å². The van der Waals surface area contributed by atoms with Gasteiger partial charge in [0.2, 0.25) is 5.91 Å². The minimum absolute atomic E-state index is 0.103. The third-order valence-corrected chi connectivity index (χ3v) is 6.77. The van der Waals surface area contributed by atoms with Gasteiger partial charge in [0.25, 0.3) is 0 Å². The summed E-state index contributed by atoms with van der Waals surface area (Å²) in [6, 6.07) is 18.3. The van der Waals surface area contributed by atoms with E-state index in [0.717, 1.165) is 22.6 Å². The number of carbonyl (C=O) groups is 1. The molecule has 32 heavy (non-hydrogen) atoms. The number of amides is 1. The monoisotopic (exact) mass is 463 g/mol. The van der Waals surface area contributed by atoms with Crippen LogP contribution in [0.15, 0.2) is 65.1 Å². The molecule has 0 aliphatic rings. The molecule has 0 saturated carbocycles. The zero-order valence-corrected chi connectivity index (χ0v) is 20.1. The first-order chi connectivity index (χ1) is 15.3. The maximum absolute atomic E-state index is 12.4. The van der Waals surface area contributed by atoms with Crippen LogP contribution in [0.2, 0.25) is 0 Å². The summed E-state index contributed by atoms with van der Waals surface area (Å²) in [4.78, 5) is 16.9. The molecule has 8 heteroatoms. The smallest absolute Gasteiger partial charge is 0.236 e. The average Bonchev–Trinajstić information content (AvgIpc) is 3.39. The lowest BCUT2D eigenvalue weighted by Crippen LogP contribution is -2.14. The van der Waals surface area contributed by atoms with Crippen molar-refractivity contribution >= 4 is 34.1 Å². The van der Waals surface area contributed by atoms with Crippen molar-refractivity contribution in [3.63, 3.8) is 0 Å². The predicted molar refractivity (Wildman–Crippen MR) is 132 cm³/mol. The Bertz CT molecular complexity index is 1210. The van der Waals surface area contributed by atoms with E-state index >= 15 is 0 Å². The largest absolute Gasteiger partial charge is 0.305 e. The van der Waals surface area contributed by atoms with Crippen LogP contribution in [0, 0.1) is 0 Å². The Balaban J connectivity index is 1.37. The number of anilines is 1. The van der Waals surface area contributed by atoms with Crippen molar-refractivity contribution in [3.05, 3.63) is 65.5 Å². The van der Waals surface area contributed by atoms with Gasteiger partial charge >= 0.3 is 0 Å². The van der Waals surface area contributed by atoms with Crippen LogP contribution >= 0.6 is 23.1 Å². The molecule has 1 amide bonds. The van der Waals surface area contributed by atoms with Crippen LogP contribution in [0.25, 0.3) is 22.6 Å². The summed E-state index contributed by atoms with van der Waals surface area (Å²) >= 11 is 2.77. The van der Waals surface area contributed by atoms with E-state index in [9.17, 15) is 4.79 Å². The highest BCUT2D eigenvalue weighted by Crippen LogP contribution is 2.28. The summed E-state index contributed by atoms with van der Waals surface area (Å²) in [5, 5.41) is 14.7. The zero-order chi connectivity index (χ0) is 22.7. The Morgan fingerprint density at radius 1 is 1.03 bits per heavy atom. The van der Waals surface area contributed by atoms with Crippen molar-refractivity contribution in [3.8, 4) is 22.6 Å². The molecule has 1 N–H and O–H groups in total. The fourth-order valence-corrected chi connectivity index (χ4v) is 4.62. The Morgan fingerprint density at radius 3 is 2.44 bits per heavy atom. The number of hydrogen-bond acceptors (Lipinski definition) is 6. The molecule has 164 valence electrons. The average molecular weight is 464 g/mol. The molecule has 0 spiro atoms. The lowest BCUT2D eigenvalue weighted by Gasteiger charge is -2.19. The third-order valence-electron chi connectivity index (χ3n) is 5.00. The van der Waals surface area contributed by atoms with E-state index in [4.69, 9.17) is 0 Å². The topological polar surface area (TPSA) is 72.7 Å².